The summed E-state index contributed by atoms with van der Waals surface area (Å²) in [6, 6.07) is 14.6. The molecule has 0 saturated heterocycles. The average molecular weight is 454 g/mol. The lowest BCUT2D eigenvalue weighted by molar-refractivity contribution is 0.0978. The van der Waals surface area contributed by atoms with Crippen molar-refractivity contribution in [2.24, 2.45) is 0 Å². The Bertz CT molecular complexity index is 1260. The summed E-state index contributed by atoms with van der Waals surface area (Å²) in [4.78, 5) is 17.5. The number of hydrogen-bond donors (Lipinski definition) is 2. The van der Waals surface area contributed by atoms with E-state index < -0.39 is 15.9 Å². The van der Waals surface area contributed by atoms with Gasteiger partial charge in [-0.3, -0.25) is 4.79 Å². The smallest absolute Gasteiger partial charge is 0.270 e. The third-order valence-electron chi connectivity index (χ3n) is 4.88. The van der Waals surface area contributed by atoms with Crippen molar-refractivity contribution in [3.05, 3.63) is 77.0 Å². The van der Waals surface area contributed by atoms with E-state index in [1.54, 1.807) is 12.1 Å². The van der Waals surface area contributed by atoms with Crippen LogP contribution < -0.4 is 15.2 Å². The van der Waals surface area contributed by atoms with E-state index in [4.69, 9.17) is 10.5 Å². The molecule has 1 aromatic heterocycles. The summed E-state index contributed by atoms with van der Waals surface area (Å²) in [6.07, 6.45) is 0. The zero-order valence-electron chi connectivity index (χ0n) is 18.8. The second-order valence-electron chi connectivity index (χ2n) is 8.63. The first-order chi connectivity index (χ1) is 14.9. The molecule has 0 aliphatic heterocycles. The third-order valence-corrected chi connectivity index (χ3v) is 6.20. The van der Waals surface area contributed by atoms with Crippen LogP contribution in [0.5, 0.6) is 11.6 Å². The second kappa shape index (κ2) is 8.63. The standard InChI is InChI=1S/C24H27N3O4S/c1-15-8-6-9-16(2)21(15)31-23-19(12-13-20(26-23)24(3,4)5)22(28)27-32(29,30)18-11-7-10-17(25)14-18/h6-14H,25H2,1-5H3,(H,27,28). The molecule has 7 nitrogen and oxygen atoms in total. The van der Waals surface area contributed by atoms with Gasteiger partial charge in [-0.25, -0.2) is 18.1 Å². The molecule has 0 saturated carbocycles. The van der Waals surface area contributed by atoms with Crippen molar-refractivity contribution in [1.29, 1.82) is 0 Å². The Morgan fingerprint density at radius 1 is 1.00 bits per heavy atom. The number of amides is 1. The summed E-state index contributed by atoms with van der Waals surface area (Å²) in [5.41, 5.74) is 8.10. The fourth-order valence-electron chi connectivity index (χ4n) is 3.08. The Hall–Kier alpha value is -3.39. The quantitative estimate of drug-likeness (QED) is 0.551. The molecule has 0 unspecified atom stereocenters. The van der Waals surface area contributed by atoms with E-state index in [0.717, 1.165) is 11.1 Å². The van der Waals surface area contributed by atoms with Gasteiger partial charge in [-0.15, -0.1) is 0 Å². The Morgan fingerprint density at radius 2 is 1.62 bits per heavy atom. The van der Waals surface area contributed by atoms with E-state index >= 15 is 0 Å². The topological polar surface area (TPSA) is 111 Å². The molecule has 0 aliphatic carbocycles. The fraction of sp³-hybridized carbons (Fsp3) is 0.250. The highest BCUT2D eigenvalue weighted by Gasteiger charge is 2.25. The molecular formula is C24H27N3O4S. The van der Waals surface area contributed by atoms with Crippen molar-refractivity contribution in [3.63, 3.8) is 0 Å². The molecule has 0 atom stereocenters. The minimum atomic E-state index is -4.14. The largest absolute Gasteiger partial charge is 0.438 e. The number of rotatable bonds is 5. The number of benzene rings is 2. The molecule has 0 fully saturated rings. The van der Waals surface area contributed by atoms with Crippen molar-refractivity contribution in [3.8, 4) is 11.6 Å². The Balaban J connectivity index is 2.04. The molecule has 3 N–H and O–H groups in total. The van der Waals surface area contributed by atoms with E-state index in [1.165, 1.54) is 24.3 Å². The molecule has 3 rings (SSSR count). The highest BCUT2D eigenvalue weighted by molar-refractivity contribution is 7.90. The minimum Gasteiger partial charge on any atom is -0.438 e. The number of nitrogens with two attached hydrogens (primary N) is 1. The number of nitrogen functional groups attached to an aromatic ring is 1. The Labute approximate surface area is 188 Å². The van der Waals surface area contributed by atoms with Gasteiger partial charge in [-0.2, -0.15) is 0 Å². The molecule has 2 aromatic carbocycles. The summed E-state index contributed by atoms with van der Waals surface area (Å²) in [7, 11) is -4.14. The minimum absolute atomic E-state index is 0.00753. The van der Waals surface area contributed by atoms with Gasteiger partial charge in [-0.1, -0.05) is 45.0 Å². The maximum atomic E-state index is 13.0. The van der Waals surface area contributed by atoms with Crippen molar-refractivity contribution in [2.45, 2.75) is 44.9 Å². The number of sulfonamides is 1. The van der Waals surface area contributed by atoms with E-state index in [-0.39, 0.29) is 27.4 Å². The predicted molar refractivity (Wildman–Crippen MR) is 124 cm³/mol. The molecule has 0 radical (unpaired) electrons. The number of aryl methyl sites for hydroxylation is 2. The van der Waals surface area contributed by atoms with Gasteiger partial charge in [0.25, 0.3) is 15.9 Å². The van der Waals surface area contributed by atoms with Gasteiger partial charge in [0.2, 0.25) is 5.88 Å². The van der Waals surface area contributed by atoms with Gasteiger partial charge in [0.15, 0.2) is 0 Å². The highest BCUT2D eigenvalue weighted by atomic mass is 32.2. The molecule has 32 heavy (non-hydrogen) atoms. The van der Waals surface area contributed by atoms with Crippen LogP contribution in [0.3, 0.4) is 0 Å². The van der Waals surface area contributed by atoms with E-state index in [0.29, 0.717) is 11.4 Å². The highest BCUT2D eigenvalue weighted by Crippen LogP contribution is 2.32. The number of ether oxygens (including phenoxy) is 1. The van der Waals surface area contributed by atoms with Crippen LogP contribution in [0, 0.1) is 13.8 Å². The van der Waals surface area contributed by atoms with Crippen molar-refractivity contribution < 1.29 is 17.9 Å². The lowest BCUT2D eigenvalue weighted by Gasteiger charge is -2.20. The number of para-hydroxylation sites is 1. The first-order valence-corrected chi connectivity index (χ1v) is 11.5. The number of hydrogen-bond acceptors (Lipinski definition) is 6. The van der Waals surface area contributed by atoms with Crippen LogP contribution in [-0.2, 0) is 15.4 Å². The maximum absolute atomic E-state index is 13.0. The monoisotopic (exact) mass is 453 g/mol. The van der Waals surface area contributed by atoms with Gasteiger partial charge in [-0.05, 0) is 55.3 Å². The first kappa shape index (κ1) is 23.3. The van der Waals surface area contributed by atoms with Crippen LogP contribution in [0.25, 0.3) is 0 Å². The van der Waals surface area contributed by atoms with E-state index in [1.807, 2.05) is 52.8 Å². The van der Waals surface area contributed by atoms with Crippen LogP contribution in [0.1, 0.15) is 48.0 Å². The van der Waals surface area contributed by atoms with Gasteiger partial charge >= 0.3 is 0 Å². The maximum Gasteiger partial charge on any atom is 0.270 e. The third kappa shape index (κ3) is 5.08. The van der Waals surface area contributed by atoms with Crippen LogP contribution in [0.4, 0.5) is 5.69 Å². The lowest BCUT2D eigenvalue weighted by Crippen LogP contribution is -2.31. The number of pyridine rings is 1. The number of anilines is 1. The fourth-order valence-corrected chi connectivity index (χ4v) is 4.10. The van der Waals surface area contributed by atoms with Gasteiger partial charge < -0.3 is 10.5 Å². The number of aromatic nitrogens is 1. The number of carbonyl (C=O) groups is 1. The molecule has 0 aliphatic rings. The summed E-state index contributed by atoms with van der Waals surface area (Å²) in [6.45, 7) is 9.74. The molecule has 0 spiro atoms. The zero-order chi connectivity index (χ0) is 23.7. The Morgan fingerprint density at radius 3 is 2.22 bits per heavy atom. The van der Waals surface area contributed by atoms with Crippen LogP contribution in [0.2, 0.25) is 0 Å². The second-order valence-corrected chi connectivity index (χ2v) is 10.3. The summed E-state index contributed by atoms with van der Waals surface area (Å²) in [5, 5.41) is 0. The molecular weight excluding hydrogens is 426 g/mol. The summed E-state index contributed by atoms with van der Waals surface area (Å²) in [5.74, 6) is -0.240. The van der Waals surface area contributed by atoms with Gasteiger partial charge in [0.1, 0.15) is 11.3 Å². The average Bonchev–Trinajstić information content (AvgIpc) is 2.69. The molecule has 1 amide bonds. The molecule has 8 heteroatoms. The molecule has 1 heterocycles. The first-order valence-electron chi connectivity index (χ1n) is 10.1. The molecule has 168 valence electrons. The van der Waals surface area contributed by atoms with Gasteiger partial charge in [0.05, 0.1) is 4.90 Å². The Kier molecular flexibility index (Phi) is 6.27. The van der Waals surface area contributed by atoms with Crippen LogP contribution in [0.15, 0.2) is 59.5 Å². The van der Waals surface area contributed by atoms with Crippen molar-refractivity contribution in [1.82, 2.24) is 9.71 Å². The lowest BCUT2D eigenvalue weighted by atomic mass is 9.91. The molecule has 3 aromatic rings. The van der Waals surface area contributed by atoms with Gasteiger partial charge in [0, 0.05) is 16.8 Å². The van der Waals surface area contributed by atoms with Crippen LogP contribution in [-0.4, -0.2) is 19.3 Å². The van der Waals surface area contributed by atoms with E-state index in [2.05, 4.69) is 9.71 Å². The summed E-state index contributed by atoms with van der Waals surface area (Å²) >= 11 is 0. The van der Waals surface area contributed by atoms with Crippen LogP contribution >= 0.6 is 0 Å². The zero-order valence-corrected chi connectivity index (χ0v) is 19.6. The summed E-state index contributed by atoms with van der Waals surface area (Å²) < 4.78 is 33.6. The molecule has 0 bridgehead atoms. The van der Waals surface area contributed by atoms with Crippen molar-refractivity contribution in [2.75, 3.05) is 5.73 Å². The number of nitrogens with zero attached hydrogens (tertiary/aromatic N) is 1. The van der Waals surface area contributed by atoms with Crippen molar-refractivity contribution >= 4 is 21.6 Å². The predicted octanol–water partition coefficient (Wildman–Crippen LogP) is 4.49. The normalized spacial score (nSPS) is 11.8. The van der Waals surface area contributed by atoms with E-state index in [9.17, 15) is 13.2 Å². The number of nitrogens with one attached hydrogen (secondary N) is 1. The number of carbonyl (C=O) groups excluding carboxylic acids is 1. The SMILES string of the molecule is Cc1cccc(C)c1Oc1nc(C(C)(C)C)ccc1C(=O)NS(=O)(=O)c1cccc(N)c1.